The van der Waals surface area contributed by atoms with Gasteiger partial charge in [0.15, 0.2) is 9.84 Å². The summed E-state index contributed by atoms with van der Waals surface area (Å²) in [5.74, 6) is -0.841. The molecule has 2 atom stereocenters. The molecule has 0 aromatic carbocycles. The van der Waals surface area contributed by atoms with Crippen molar-refractivity contribution in [2.24, 2.45) is 5.92 Å². The molecule has 0 radical (unpaired) electrons. The van der Waals surface area contributed by atoms with E-state index >= 15 is 0 Å². The van der Waals surface area contributed by atoms with Crippen molar-refractivity contribution in [3.05, 3.63) is 0 Å². The summed E-state index contributed by atoms with van der Waals surface area (Å²) in [5, 5.41) is 8.19. The minimum absolute atomic E-state index is 0.130. The van der Waals surface area contributed by atoms with Crippen LogP contribution in [0.15, 0.2) is 0 Å². The lowest BCUT2D eigenvalue weighted by atomic mass is 10.2. The van der Waals surface area contributed by atoms with Crippen LogP contribution in [-0.2, 0) is 19.9 Å². The second-order valence-electron chi connectivity index (χ2n) is 4.47. The summed E-state index contributed by atoms with van der Waals surface area (Å²) in [6, 6.07) is 0. The third-order valence-electron chi connectivity index (χ3n) is 2.36. The summed E-state index contributed by atoms with van der Waals surface area (Å²) < 4.78 is 48.1. The van der Waals surface area contributed by atoms with Crippen LogP contribution in [0, 0.1) is 5.92 Å². The predicted octanol–water partition coefficient (Wildman–Crippen LogP) is -1.28. The summed E-state index contributed by atoms with van der Waals surface area (Å²) >= 11 is 0. The van der Waals surface area contributed by atoms with E-state index in [-0.39, 0.29) is 12.5 Å². The van der Waals surface area contributed by atoms with Gasteiger partial charge in [-0.25, -0.2) is 21.6 Å². The first kappa shape index (κ1) is 13.9. The van der Waals surface area contributed by atoms with E-state index < -0.39 is 42.7 Å². The fraction of sp³-hybridized carbons (Fsp3) is 1.00. The van der Waals surface area contributed by atoms with E-state index in [0.29, 0.717) is 0 Å². The van der Waals surface area contributed by atoms with Gasteiger partial charge in [0, 0.05) is 6.54 Å². The fourth-order valence-electron chi connectivity index (χ4n) is 1.48. The van der Waals surface area contributed by atoms with Crippen molar-refractivity contribution < 1.29 is 21.9 Å². The van der Waals surface area contributed by atoms with Crippen LogP contribution in [0.3, 0.4) is 0 Å². The van der Waals surface area contributed by atoms with Crippen molar-refractivity contribution in [3.63, 3.8) is 0 Å². The summed E-state index contributed by atoms with van der Waals surface area (Å²) in [4.78, 5) is 0. The molecule has 1 saturated heterocycles. The number of aliphatic hydroxyl groups excluding tert-OH is 1. The summed E-state index contributed by atoms with van der Waals surface area (Å²) in [6.07, 6.45) is -1.32. The number of sulfonamides is 1. The van der Waals surface area contributed by atoms with Gasteiger partial charge in [0.2, 0.25) is 10.0 Å². The molecule has 0 aliphatic carbocycles. The Bertz CT molecular complexity index is 439. The van der Waals surface area contributed by atoms with E-state index in [0.717, 1.165) is 0 Å². The van der Waals surface area contributed by atoms with Crippen molar-refractivity contribution >= 4 is 19.9 Å². The maximum Gasteiger partial charge on any atom is 0.218 e. The Morgan fingerprint density at radius 3 is 2.31 bits per heavy atom. The largest absolute Gasteiger partial charge is 0.391 e. The van der Waals surface area contributed by atoms with Crippen LogP contribution in [0.4, 0.5) is 0 Å². The molecule has 0 amide bonds. The van der Waals surface area contributed by atoms with Gasteiger partial charge in [0.25, 0.3) is 0 Å². The zero-order chi connectivity index (χ0) is 12.6. The molecule has 8 heteroatoms. The van der Waals surface area contributed by atoms with E-state index in [1.807, 2.05) is 13.8 Å². The smallest absolute Gasteiger partial charge is 0.218 e. The first-order valence-electron chi connectivity index (χ1n) is 5.01. The number of aliphatic hydroxyl groups is 1. The average molecular weight is 271 g/mol. The number of sulfone groups is 1. The van der Waals surface area contributed by atoms with Gasteiger partial charge in [-0.1, -0.05) is 13.8 Å². The molecule has 2 N–H and O–H groups in total. The summed E-state index contributed by atoms with van der Waals surface area (Å²) in [5.41, 5.74) is 0. The number of rotatable bonds is 4. The van der Waals surface area contributed by atoms with E-state index in [1.165, 1.54) is 0 Å². The van der Waals surface area contributed by atoms with Crippen LogP contribution < -0.4 is 4.72 Å². The first-order chi connectivity index (χ1) is 7.14. The minimum atomic E-state index is -3.75. The Balaban J connectivity index is 2.78. The van der Waals surface area contributed by atoms with Crippen molar-refractivity contribution in [3.8, 4) is 0 Å². The van der Waals surface area contributed by atoms with Crippen molar-refractivity contribution in [1.82, 2.24) is 4.72 Å². The third kappa shape index (κ3) is 3.41. The molecule has 0 spiro atoms. The number of hydrogen-bond donors (Lipinski definition) is 2. The first-order valence-corrected chi connectivity index (χ1v) is 8.38. The van der Waals surface area contributed by atoms with Gasteiger partial charge in [0.05, 0.1) is 17.6 Å². The third-order valence-corrected chi connectivity index (χ3v) is 6.14. The monoisotopic (exact) mass is 271 g/mol. The maximum atomic E-state index is 11.7. The highest BCUT2D eigenvalue weighted by Gasteiger charge is 2.44. The van der Waals surface area contributed by atoms with Gasteiger partial charge in [-0.2, -0.15) is 0 Å². The minimum Gasteiger partial charge on any atom is -0.391 e. The highest BCUT2D eigenvalue weighted by molar-refractivity contribution is 7.95. The summed E-state index contributed by atoms with van der Waals surface area (Å²) in [6.45, 7) is 3.92. The van der Waals surface area contributed by atoms with Crippen LogP contribution in [0.5, 0.6) is 0 Å². The standard InChI is InChI=1S/C8H17NO5S2/c1-6(2)3-9-16(13,14)8-5-15(11,12)4-7(8)10/h6-10H,3-5H2,1-2H3/t7-,8+/m1/s1. The van der Waals surface area contributed by atoms with Gasteiger partial charge >= 0.3 is 0 Å². The molecule has 0 saturated carbocycles. The van der Waals surface area contributed by atoms with Gasteiger partial charge in [0.1, 0.15) is 5.25 Å². The van der Waals surface area contributed by atoms with Crippen LogP contribution in [0.25, 0.3) is 0 Å². The van der Waals surface area contributed by atoms with Gasteiger partial charge in [-0.05, 0) is 5.92 Å². The maximum absolute atomic E-state index is 11.7. The van der Waals surface area contributed by atoms with E-state index in [1.54, 1.807) is 0 Å². The van der Waals surface area contributed by atoms with Crippen LogP contribution >= 0.6 is 0 Å². The normalized spacial score (nSPS) is 29.8. The molecule has 1 aliphatic rings. The molecule has 96 valence electrons. The van der Waals surface area contributed by atoms with Crippen molar-refractivity contribution in [2.45, 2.75) is 25.2 Å². The molecule has 16 heavy (non-hydrogen) atoms. The van der Waals surface area contributed by atoms with E-state index in [4.69, 9.17) is 0 Å². The van der Waals surface area contributed by atoms with Gasteiger partial charge in [-0.3, -0.25) is 0 Å². The lowest BCUT2D eigenvalue weighted by molar-refractivity contribution is 0.203. The van der Waals surface area contributed by atoms with E-state index in [2.05, 4.69) is 4.72 Å². The van der Waals surface area contributed by atoms with Crippen molar-refractivity contribution in [1.29, 1.82) is 0 Å². The Morgan fingerprint density at radius 2 is 1.94 bits per heavy atom. The summed E-state index contributed by atoms with van der Waals surface area (Å²) in [7, 11) is -7.19. The Kier molecular flexibility index (Phi) is 3.99. The quantitative estimate of drug-likeness (QED) is 0.663. The second-order valence-corrected chi connectivity index (χ2v) is 8.61. The number of hydrogen-bond acceptors (Lipinski definition) is 5. The molecule has 0 aromatic heterocycles. The topological polar surface area (TPSA) is 101 Å². The van der Waals surface area contributed by atoms with Crippen LogP contribution in [-0.4, -0.2) is 51.3 Å². The van der Waals surface area contributed by atoms with E-state index in [9.17, 15) is 21.9 Å². The lowest BCUT2D eigenvalue weighted by Gasteiger charge is -2.15. The predicted molar refractivity (Wildman–Crippen MR) is 60.2 cm³/mol. The molecule has 1 rings (SSSR count). The highest BCUT2D eigenvalue weighted by Crippen LogP contribution is 2.19. The molecule has 1 fully saturated rings. The van der Waals surface area contributed by atoms with Crippen LogP contribution in [0.1, 0.15) is 13.8 Å². The fourth-order valence-corrected chi connectivity index (χ4v) is 5.84. The second kappa shape index (κ2) is 4.59. The molecule has 1 aliphatic heterocycles. The molecule has 0 bridgehead atoms. The molecule has 0 unspecified atom stereocenters. The molecular formula is C8H17NO5S2. The highest BCUT2D eigenvalue weighted by atomic mass is 32.2. The van der Waals surface area contributed by atoms with Crippen LogP contribution in [0.2, 0.25) is 0 Å². The zero-order valence-electron chi connectivity index (χ0n) is 9.25. The molecule has 6 nitrogen and oxygen atoms in total. The Labute approximate surface area is 96.0 Å². The lowest BCUT2D eigenvalue weighted by Crippen LogP contribution is -2.42. The Hall–Kier alpha value is -0.180. The van der Waals surface area contributed by atoms with Crippen molar-refractivity contribution in [2.75, 3.05) is 18.1 Å². The zero-order valence-corrected chi connectivity index (χ0v) is 10.9. The van der Waals surface area contributed by atoms with Gasteiger partial charge < -0.3 is 5.11 Å². The SMILES string of the molecule is CC(C)CNS(=O)(=O)[C@H]1CS(=O)(=O)C[C@H]1O. The molecular weight excluding hydrogens is 254 g/mol. The van der Waals surface area contributed by atoms with Gasteiger partial charge in [-0.15, -0.1) is 0 Å². The molecule has 0 aromatic rings. The Morgan fingerprint density at radius 1 is 1.38 bits per heavy atom. The molecule has 1 heterocycles. The average Bonchev–Trinajstić information content (AvgIpc) is 2.37. The number of nitrogens with one attached hydrogen (secondary N) is 1.